The van der Waals surface area contributed by atoms with E-state index in [-0.39, 0.29) is 5.82 Å². The highest BCUT2D eigenvalue weighted by atomic mass is 16.7. The van der Waals surface area contributed by atoms with Crippen LogP contribution in [0.5, 0.6) is 0 Å². The van der Waals surface area contributed by atoms with E-state index in [1.807, 2.05) is 18.2 Å². The van der Waals surface area contributed by atoms with Gasteiger partial charge in [0.2, 0.25) is 0 Å². The third-order valence-corrected chi connectivity index (χ3v) is 5.97. The fraction of sp³-hybridized carbons (Fsp3) is 0.370. The van der Waals surface area contributed by atoms with E-state index in [0.717, 1.165) is 37.6 Å². The number of benzene rings is 1. The molecule has 41 heavy (non-hydrogen) atoms. The molecule has 1 fully saturated rings. The number of ether oxygens (including phenoxy) is 5. The molecule has 14 nitrogen and oxygen atoms in total. The number of hydrogen-bond donors (Lipinski definition) is 1. The van der Waals surface area contributed by atoms with Gasteiger partial charge in [-0.1, -0.05) is 18.2 Å². The number of aromatic nitrogens is 3. The number of carbonyl (C=O) groups is 4. The van der Waals surface area contributed by atoms with Gasteiger partial charge in [0.05, 0.1) is 11.2 Å². The van der Waals surface area contributed by atoms with Gasteiger partial charge in [-0.15, -0.1) is 0 Å². The third kappa shape index (κ3) is 7.03. The number of nitrogens with zero attached hydrogens (tertiary/aromatic N) is 3. The minimum atomic E-state index is -1.45. The largest absolute Gasteiger partial charge is 0.463 e. The SMILES string of the molecule is CC(=O)OC[C@H]1O[C@@H](n2ccc(Nc3cccc4cccnc34)nc2=O)[C@H](OC(C)=O)[C@@H](OC(C)=O)[C@@H]1OC(C)=O. The van der Waals surface area contributed by atoms with Gasteiger partial charge in [0, 0.05) is 45.5 Å². The summed E-state index contributed by atoms with van der Waals surface area (Å²) in [6.07, 6.45) is -3.86. The number of anilines is 2. The fourth-order valence-corrected chi connectivity index (χ4v) is 4.45. The highest BCUT2D eigenvalue weighted by molar-refractivity contribution is 5.91. The summed E-state index contributed by atoms with van der Waals surface area (Å²) >= 11 is 0. The Labute approximate surface area is 233 Å². The summed E-state index contributed by atoms with van der Waals surface area (Å²) in [5.41, 5.74) is 0.463. The zero-order valence-corrected chi connectivity index (χ0v) is 22.6. The molecule has 0 aliphatic carbocycles. The molecule has 1 N–H and O–H groups in total. The Bertz CT molecular complexity index is 1520. The van der Waals surface area contributed by atoms with Gasteiger partial charge < -0.3 is 29.0 Å². The summed E-state index contributed by atoms with van der Waals surface area (Å²) in [7, 11) is 0. The van der Waals surface area contributed by atoms with Crippen molar-refractivity contribution in [2.45, 2.75) is 58.3 Å². The lowest BCUT2D eigenvalue weighted by molar-refractivity contribution is -0.269. The first kappa shape index (κ1) is 29.1. The van der Waals surface area contributed by atoms with E-state index < -0.39 is 66.8 Å². The van der Waals surface area contributed by atoms with E-state index in [1.54, 1.807) is 18.3 Å². The molecule has 3 heterocycles. The minimum Gasteiger partial charge on any atom is -0.463 e. The van der Waals surface area contributed by atoms with Gasteiger partial charge in [0.15, 0.2) is 24.5 Å². The molecular formula is C27H28N4O10. The molecule has 0 unspecified atom stereocenters. The summed E-state index contributed by atoms with van der Waals surface area (Å²) in [6, 6.07) is 10.7. The van der Waals surface area contributed by atoms with Crippen molar-refractivity contribution in [3.05, 3.63) is 59.3 Å². The van der Waals surface area contributed by atoms with Crippen LogP contribution < -0.4 is 11.0 Å². The van der Waals surface area contributed by atoms with Crippen LogP contribution in [-0.4, -0.2) is 69.4 Å². The Morgan fingerprint density at radius 1 is 0.878 bits per heavy atom. The fourth-order valence-electron chi connectivity index (χ4n) is 4.45. The summed E-state index contributed by atoms with van der Waals surface area (Å²) in [4.78, 5) is 69.3. The Balaban J connectivity index is 1.73. The van der Waals surface area contributed by atoms with E-state index in [9.17, 15) is 24.0 Å². The predicted molar refractivity (Wildman–Crippen MR) is 141 cm³/mol. The second kappa shape index (κ2) is 12.6. The topological polar surface area (TPSA) is 174 Å². The first-order chi connectivity index (χ1) is 19.5. The molecule has 0 spiro atoms. The van der Waals surface area contributed by atoms with Crippen molar-refractivity contribution in [1.29, 1.82) is 0 Å². The molecule has 0 bridgehead atoms. The molecule has 1 aliphatic heterocycles. The monoisotopic (exact) mass is 568 g/mol. The molecule has 2 aromatic heterocycles. The zero-order valence-electron chi connectivity index (χ0n) is 22.6. The second-order valence-corrected chi connectivity index (χ2v) is 9.10. The normalized spacial score (nSPS) is 21.9. The van der Waals surface area contributed by atoms with Crippen molar-refractivity contribution >= 4 is 46.3 Å². The zero-order chi connectivity index (χ0) is 29.7. The van der Waals surface area contributed by atoms with Crippen molar-refractivity contribution in [2.24, 2.45) is 0 Å². The number of nitrogens with one attached hydrogen (secondary N) is 1. The highest BCUT2D eigenvalue weighted by Gasteiger charge is 2.53. The van der Waals surface area contributed by atoms with Crippen molar-refractivity contribution < 1.29 is 42.9 Å². The van der Waals surface area contributed by atoms with Gasteiger partial charge in [0.1, 0.15) is 18.5 Å². The Morgan fingerprint density at radius 3 is 2.20 bits per heavy atom. The first-order valence-electron chi connectivity index (χ1n) is 12.5. The third-order valence-electron chi connectivity index (χ3n) is 5.97. The summed E-state index contributed by atoms with van der Waals surface area (Å²) in [5.74, 6) is -2.81. The van der Waals surface area contributed by atoms with E-state index in [0.29, 0.717) is 11.2 Å². The van der Waals surface area contributed by atoms with Crippen LogP contribution in [0.4, 0.5) is 11.5 Å². The van der Waals surface area contributed by atoms with Crippen LogP contribution in [0.25, 0.3) is 10.9 Å². The van der Waals surface area contributed by atoms with E-state index in [4.69, 9.17) is 23.7 Å². The molecule has 216 valence electrons. The molecule has 0 saturated carbocycles. The molecule has 5 atom stereocenters. The molecule has 0 amide bonds. The average molecular weight is 569 g/mol. The number of esters is 4. The van der Waals surface area contributed by atoms with Gasteiger partial charge >= 0.3 is 29.6 Å². The predicted octanol–water partition coefficient (Wildman–Crippen LogP) is 1.79. The van der Waals surface area contributed by atoms with Crippen LogP contribution in [-0.2, 0) is 42.9 Å². The van der Waals surface area contributed by atoms with Crippen molar-refractivity contribution in [3.63, 3.8) is 0 Å². The summed E-state index contributed by atoms with van der Waals surface area (Å²) in [5, 5.41) is 3.95. The lowest BCUT2D eigenvalue weighted by atomic mass is 9.97. The van der Waals surface area contributed by atoms with Crippen LogP contribution in [0.1, 0.15) is 33.9 Å². The van der Waals surface area contributed by atoms with E-state index >= 15 is 0 Å². The number of rotatable bonds is 8. The van der Waals surface area contributed by atoms with Crippen molar-refractivity contribution in [2.75, 3.05) is 11.9 Å². The molecule has 4 rings (SSSR count). The number of hydrogen-bond acceptors (Lipinski definition) is 13. The number of carbonyl (C=O) groups excluding carboxylic acids is 4. The average Bonchev–Trinajstić information content (AvgIpc) is 2.90. The summed E-state index contributed by atoms with van der Waals surface area (Å²) < 4.78 is 28.3. The van der Waals surface area contributed by atoms with Crippen molar-refractivity contribution in [3.8, 4) is 0 Å². The van der Waals surface area contributed by atoms with Crippen LogP contribution >= 0.6 is 0 Å². The second-order valence-electron chi connectivity index (χ2n) is 9.10. The highest BCUT2D eigenvalue weighted by Crippen LogP contribution is 2.34. The molecule has 0 radical (unpaired) electrons. The standard InChI is InChI=1S/C27H28N4O10/c1-14(32)37-13-20-23(38-15(2)33)24(39-16(3)34)25(40-17(4)35)26(41-20)31-12-10-21(30-27(31)36)29-19-9-5-7-18-8-6-11-28-22(18)19/h5-12,20,23-26H,13H2,1-4H3,(H,29,30,36)/t20-,23-,24+,25-,26-/m1/s1. The lowest BCUT2D eigenvalue weighted by Gasteiger charge is -2.44. The number of para-hydroxylation sites is 1. The number of fused-ring (bicyclic) bond motifs is 1. The van der Waals surface area contributed by atoms with Gasteiger partial charge in [-0.2, -0.15) is 4.98 Å². The van der Waals surface area contributed by atoms with Gasteiger partial charge in [-0.25, -0.2) is 4.79 Å². The van der Waals surface area contributed by atoms with Crippen LogP contribution in [0.2, 0.25) is 0 Å². The molecule has 3 aromatic rings. The van der Waals surface area contributed by atoms with E-state index in [2.05, 4.69) is 15.3 Å². The van der Waals surface area contributed by atoms with Crippen LogP contribution in [0.15, 0.2) is 53.6 Å². The molecular weight excluding hydrogens is 540 g/mol. The van der Waals surface area contributed by atoms with Crippen LogP contribution in [0, 0.1) is 0 Å². The van der Waals surface area contributed by atoms with Gasteiger partial charge in [0.25, 0.3) is 0 Å². The summed E-state index contributed by atoms with van der Waals surface area (Å²) in [6.45, 7) is 4.08. The first-order valence-corrected chi connectivity index (χ1v) is 12.5. The van der Waals surface area contributed by atoms with Crippen LogP contribution in [0.3, 0.4) is 0 Å². The maximum absolute atomic E-state index is 13.3. The van der Waals surface area contributed by atoms with Crippen molar-refractivity contribution in [1.82, 2.24) is 14.5 Å². The number of pyridine rings is 1. The molecule has 1 aromatic carbocycles. The Morgan fingerprint density at radius 2 is 1.54 bits per heavy atom. The van der Waals surface area contributed by atoms with Gasteiger partial charge in [-0.05, 0) is 18.2 Å². The Hall–Kier alpha value is -4.85. The maximum atomic E-state index is 13.3. The molecule has 14 heteroatoms. The Kier molecular flexibility index (Phi) is 8.92. The quantitative estimate of drug-likeness (QED) is 0.308. The molecule has 1 aliphatic rings. The maximum Gasteiger partial charge on any atom is 0.351 e. The lowest BCUT2D eigenvalue weighted by Crippen LogP contribution is -2.61. The van der Waals surface area contributed by atoms with E-state index in [1.165, 1.54) is 12.3 Å². The van der Waals surface area contributed by atoms with Gasteiger partial charge in [-0.3, -0.25) is 28.7 Å². The molecule has 1 saturated heterocycles. The minimum absolute atomic E-state index is 0.190. The smallest absolute Gasteiger partial charge is 0.351 e.